The maximum atomic E-state index is 13.0. The molecule has 0 amide bonds. The minimum absolute atomic E-state index is 0.304. The van der Waals surface area contributed by atoms with Gasteiger partial charge in [-0.15, -0.1) is 0 Å². The first-order chi connectivity index (χ1) is 8.55. The fourth-order valence-electron chi connectivity index (χ4n) is 1.73. The SMILES string of the molecule is COC(=O)[C@@](O)(c1cc(C)c(N)c(C)c1)C(F)(F)F. The zero-order valence-electron chi connectivity index (χ0n) is 10.6. The van der Waals surface area contributed by atoms with Crippen molar-refractivity contribution in [3.8, 4) is 0 Å². The third-order valence-corrected chi connectivity index (χ3v) is 2.90. The molecule has 1 aromatic rings. The van der Waals surface area contributed by atoms with E-state index in [1.807, 2.05) is 0 Å². The van der Waals surface area contributed by atoms with Crippen LogP contribution in [0.1, 0.15) is 16.7 Å². The summed E-state index contributed by atoms with van der Waals surface area (Å²) in [5.74, 6) is -1.79. The van der Waals surface area contributed by atoms with Crippen molar-refractivity contribution < 1.29 is 27.8 Å². The number of benzene rings is 1. The van der Waals surface area contributed by atoms with E-state index < -0.39 is 23.3 Å². The molecule has 0 unspecified atom stereocenters. The number of aryl methyl sites for hydroxylation is 2. The van der Waals surface area contributed by atoms with Crippen molar-refractivity contribution in [3.05, 3.63) is 28.8 Å². The lowest BCUT2D eigenvalue weighted by Gasteiger charge is -2.28. The van der Waals surface area contributed by atoms with Crippen LogP contribution < -0.4 is 5.73 Å². The van der Waals surface area contributed by atoms with Gasteiger partial charge in [0.15, 0.2) is 0 Å². The summed E-state index contributed by atoms with van der Waals surface area (Å²) in [5, 5.41) is 9.79. The summed E-state index contributed by atoms with van der Waals surface area (Å²) < 4.78 is 43.1. The molecule has 3 N–H and O–H groups in total. The Hall–Kier alpha value is -1.76. The lowest BCUT2D eigenvalue weighted by molar-refractivity contribution is -0.266. The molecule has 19 heavy (non-hydrogen) atoms. The van der Waals surface area contributed by atoms with Gasteiger partial charge in [-0.05, 0) is 25.0 Å². The monoisotopic (exact) mass is 277 g/mol. The predicted octanol–water partition coefficient (Wildman–Crippen LogP) is 1.81. The topological polar surface area (TPSA) is 72.5 Å². The molecule has 0 saturated heterocycles. The summed E-state index contributed by atoms with van der Waals surface area (Å²) in [6, 6.07) is 2.04. The summed E-state index contributed by atoms with van der Waals surface area (Å²) >= 11 is 0. The number of ether oxygens (including phenoxy) is 1. The Morgan fingerprint density at radius 2 is 1.68 bits per heavy atom. The van der Waals surface area contributed by atoms with E-state index in [-0.39, 0.29) is 0 Å². The molecule has 1 rings (SSSR count). The molecule has 7 heteroatoms. The molecule has 0 spiro atoms. The maximum absolute atomic E-state index is 13.0. The van der Waals surface area contributed by atoms with Crippen LogP contribution in [0.3, 0.4) is 0 Å². The van der Waals surface area contributed by atoms with Crippen LogP contribution in [0.2, 0.25) is 0 Å². The van der Waals surface area contributed by atoms with Gasteiger partial charge in [-0.3, -0.25) is 0 Å². The first-order valence-electron chi connectivity index (χ1n) is 5.30. The number of methoxy groups -OCH3 is 1. The van der Waals surface area contributed by atoms with Crippen molar-refractivity contribution in [1.29, 1.82) is 0 Å². The molecule has 0 aromatic heterocycles. The highest BCUT2D eigenvalue weighted by Gasteiger charge is 2.62. The number of rotatable bonds is 2. The molecule has 1 atom stereocenters. The van der Waals surface area contributed by atoms with Gasteiger partial charge in [-0.25, -0.2) is 4.79 Å². The van der Waals surface area contributed by atoms with Gasteiger partial charge < -0.3 is 15.6 Å². The molecule has 0 heterocycles. The highest BCUT2D eigenvalue weighted by molar-refractivity contribution is 5.82. The largest absolute Gasteiger partial charge is 0.466 e. The molecule has 0 aliphatic rings. The minimum atomic E-state index is -5.20. The number of carbonyl (C=O) groups is 1. The number of nitrogens with two attached hydrogens (primary N) is 1. The van der Waals surface area contributed by atoms with Crippen molar-refractivity contribution in [3.63, 3.8) is 0 Å². The summed E-state index contributed by atoms with van der Waals surface area (Å²) in [6.45, 7) is 2.97. The third-order valence-electron chi connectivity index (χ3n) is 2.90. The molecule has 0 aliphatic heterocycles. The van der Waals surface area contributed by atoms with Crippen molar-refractivity contribution in [1.82, 2.24) is 0 Å². The quantitative estimate of drug-likeness (QED) is 0.638. The minimum Gasteiger partial charge on any atom is -0.466 e. The van der Waals surface area contributed by atoms with Gasteiger partial charge in [0.2, 0.25) is 0 Å². The average Bonchev–Trinajstić information content (AvgIpc) is 2.31. The van der Waals surface area contributed by atoms with Crippen molar-refractivity contribution >= 4 is 11.7 Å². The van der Waals surface area contributed by atoms with Gasteiger partial charge >= 0.3 is 12.1 Å². The van der Waals surface area contributed by atoms with Crippen molar-refractivity contribution in [2.45, 2.75) is 25.6 Å². The number of aliphatic hydroxyl groups is 1. The molecule has 1 aromatic carbocycles. The molecule has 0 radical (unpaired) electrons. The fraction of sp³-hybridized carbons (Fsp3) is 0.417. The van der Waals surface area contributed by atoms with Crippen LogP contribution in [0.5, 0.6) is 0 Å². The van der Waals surface area contributed by atoms with Crippen LogP contribution >= 0.6 is 0 Å². The lowest BCUT2D eigenvalue weighted by atomic mass is 9.89. The highest BCUT2D eigenvalue weighted by atomic mass is 19.4. The van der Waals surface area contributed by atoms with Crippen LogP contribution in [0.4, 0.5) is 18.9 Å². The van der Waals surface area contributed by atoms with E-state index in [2.05, 4.69) is 4.74 Å². The number of alkyl halides is 3. The van der Waals surface area contributed by atoms with Gasteiger partial charge in [0.05, 0.1) is 7.11 Å². The number of hydrogen-bond acceptors (Lipinski definition) is 4. The van der Waals surface area contributed by atoms with Crippen molar-refractivity contribution in [2.24, 2.45) is 0 Å². The zero-order chi connectivity index (χ0) is 15.0. The Morgan fingerprint density at radius 1 is 1.26 bits per heavy atom. The van der Waals surface area contributed by atoms with E-state index >= 15 is 0 Å². The van der Waals surface area contributed by atoms with Crippen LogP contribution in [-0.4, -0.2) is 24.4 Å². The Labute approximate surface area is 108 Å². The van der Waals surface area contributed by atoms with Gasteiger partial charge in [0, 0.05) is 11.3 Å². The number of carbonyl (C=O) groups excluding carboxylic acids is 1. The molecular weight excluding hydrogens is 263 g/mol. The van der Waals surface area contributed by atoms with Gasteiger partial charge in [0.1, 0.15) is 0 Å². The average molecular weight is 277 g/mol. The number of esters is 1. The fourth-order valence-corrected chi connectivity index (χ4v) is 1.73. The molecule has 0 fully saturated rings. The smallest absolute Gasteiger partial charge is 0.432 e. The van der Waals surface area contributed by atoms with E-state index in [9.17, 15) is 23.1 Å². The third kappa shape index (κ3) is 2.37. The number of hydrogen-bond donors (Lipinski definition) is 2. The van der Waals surface area contributed by atoms with Crippen LogP contribution in [0, 0.1) is 13.8 Å². The van der Waals surface area contributed by atoms with E-state index in [1.165, 1.54) is 13.8 Å². The van der Waals surface area contributed by atoms with Gasteiger partial charge in [-0.2, -0.15) is 13.2 Å². The second-order valence-electron chi connectivity index (χ2n) is 4.22. The van der Waals surface area contributed by atoms with E-state index in [0.717, 1.165) is 19.2 Å². The number of anilines is 1. The molecule has 0 bridgehead atoms. The predicted molar refractivity (Wildman–Crippen MR) is 62.3 cm³/mol. The Balaban J connectivity index is 3.56. The first kappa shape index (κ1) is 15.3. The van der Waals surface area contributed by atoms with Crippen LogP contribution in [0.15, 0.2) is 12.1 Å². The van der Waals surface area contributed by atoms with Crippen LogP contribution in [-0.2, 0) is 15.1 Å². The second-order valence-corrected chi connectivity index (χ2v) is 4.22. The Bertz CT molecular complexity index is 490. The zero-order valence-corrected chi connectivity index (χ0v) is 10.6. The van der Waals surface area contributed by atoms with Crippen molar-refractivity contribution in [2.75, 3.05) is 12.8 Å². The maximum Gasteiger partial charge on any atom is 0.432 e. The van der Waals surface area contributed by atoms with Gasteiger partial charge in [-0.1, -0.05) is 12.1 Å². The summed E-state index contributed by atoms with van der Waals surface area (Å²) in [6.07, 6.45) is -5.20. The molecule has 106 valence electrons. The number of nitrogen functional groups attached to an aromatic ring is 1. The molecule has 4 nitrogen and oxygen atoms in total. The molecule has 0 saturated carbocycles. The molecule has 0 aliphatic carbocycles. The van der Waals surface area contributed by atoms with E-state index in [1.54, 1.807) is 0 Å². The first-order valence-corrected chi connectivity index (χ1v) is 5.30. The second kappa shape index (κ2) is 4.73. The summed E-state index contributed by atoms with van der Waals surface area (Å²) in [7, 11) is 0.774. The van der Waals surface area contributed by atoms with Crippen LogP contribution in [0.25, 0.3) is 0 Å². The number of halogens is 3. The summed E-state index contributed by atoms with van der Waals surface area (Å²) in [5.41, 5.74) is 2.29. The molecular formula is C12H14F3NO3. The van der Waals surface area contributed by atoms with E-state index in [4.69, 9.17) is 5.73 Å². The Morgan fingerprint density at radius 3 is 2.00 bits per heavy atom. The van der Waals surface area contributed by atoms with E-state index in [0.29, 0.717) is 16.8 Å². The lowest BCUT2D eigenvalue weighted by Crippen LogP contribution is -2.50. The normalized spacial score (nSPS) is 14.9. The summed E-state index contributed by atoms with van der Waals surface area (Å²) in [4.78, 5) is 11.4. The van der Waals surface area contributed by atoms with Gasteiger partial charge in [0.25, 0.3) is 5.60 Å². The Kier molecular flexibility index (Phi) is 3.81. The standard InChI is InChI=1S/C12H14F3NO3/c1-6-4-8(5-7(2)9(6)16)11(18,10(17)19-3)12(13,14)15/h4-5,18H,16H2,1-3H3/t11-/m0/s1. The highest BCUT2D eigenvalue weighted by Crippen LogP contribution is 2.41.